The van der Waals surface area contributed by atoms with Crippen molar-refractivity contribution in [1.29, 1.82) is 0 Å². The Bertz CT molecular complexity index is 274. The van der Waals surface area contributed by atoms with Gasteiger partial charge in [-0.3, -0.25) is 0 Å². The van der Waals surface area contributed by atoms with Gasteiger partial charge >= 0.3 is 0 Å². The van der Waals surface area contributed by atoms with Crippen molar-refractivity contribution >= 4 is 0 Å². The summed E-state index contributed by atoms with van der Waals surface area (Å²) in [5.41, 5.74) is 0.611. The van der Waals surface area contributed by atoms with Gasteiger partial charge in [0, 0.05) is 0 Å². The van der Waals surface area contributed by atoms with E-state index >= 15 is 0 Å². The fraction of sp³-hybridized carbons (Fsp3) is 0.692. The standard InChI is InChI=1S/C13H18/c1-2-13-8-7-10(9-13)11-5-3-4-6-12(11)13/h3-4,7-8,10-12H,2,5-6,9H2,1H3. The van der Waals surface area contributed by atoms with Crippen molar-refractivity contribution in [1.82, 2.24) is 0 Å². The van der Waals surface area contributed by atoms with Crippen molar-refractivity contribution in [2.24, 2.45) is 23.2 Å². The third-order valence-corrected chi connectivity index (χ3v) is 4.72. The largest absolute Gasteiger partial charge is 0.0882 e. The Morgan fingerprint density at radius 2 is 2.15 bits per heavy atom. The molecule has 1 saturated carbocycles. The lowest BCUT2D eigenvalue weighted by Crippen LogP contribution is -2.28. The molecule has 4 atom stereocenters. The van der Waals surface area contributed by atoms with Gasteiger partial charge in [0.2, 0.25) is 0 Å². The van der Waals surface area contributed by atoms with Crippen LogP contribution >= 0.6 is 0 Å². The molecule has 3 rings (SSSR count). The van der Waals surface area contributed by atoms with E-state index < -0.39 is 0 Å². The zero-order valence-corrected chi connectivity index (χ0v) is 8.37. The van der Waals surface area contributed by atoms with Gasteiger partial charge < -0.3 is 0 Å². The molecule has 0 N–H and O–H groups in total. The highest BCUT2D eigenvalue weighted by atomic mass is 14.6. The van der Waals surface area contributed by atoms with Crippen LogP contribution in [-0.2, 0) is 0 Å². The summed E-state index contributed by atoms with van der Waals surface area (Å²) >= 11 is 0. The van der Waals surface area contributed by atoms with Crippen LogP contribution in [0.3, 0.4) is 0 Å². The second-order valence-electron chi connectivity index (χ2n) is 5.03. The molecule has 2 bridgehead atoms. The van der Waals surface area contributed by atoms with Crippen LogP contribution in [-0.4, -0.2) is 0 Å². The number of hydrogen-bond donors (Lipinski definition) is 0. The van der Waals surface area contributed by atoms with Crippen molar-refractivity contribution in [2.45, 2.75) is 32.6 Å². The minimum absolute atomic E-state index is 0.611. The van der Waals surface area contributed by atoms with E-state index in [4.69, 9.17) is 0 Å². The Labute approximate surface area is 80.7 Å². The fourth-order valence-electron chi connectivity index (χ4n) is 3.95. The molecular weight excluding hydrogens is 156 g/mol. The minimum Gasteiger partial charge on any atom is -0.0882 e. The molecule has 1 fully saturated rings. The second kappa shape index (κ2) is 2.50. The monoisotopic (exact) mass is 174 g/mol. The smallest absolute Gasteiger partial charge is 0.00809 e. The van der Waals surface area contributed by atoms with E-state index in [1.807, 2.05) is 0 Å². The molecule has 0 aromatic rings. The van der Waals surface area contributed by atoms with Crippen molar-refractivity contribution in [3.8, 4) is 0 Å². The van der Waals surface area contributed by atoms with Crippen LogP contribution in [0.15, 0.2) is 24.3 Å². The van der Waals surface area contributed by atoms with E-state index in [1.165, 1.54) is 25.7 Å². The highest BCUT2D eigenvalue weighted by molar-refractivity contribution is 5.23. The molecule has 3 aliphatic rings. The molecule has 0 spiro atoms. The molecule has 4 unspecified atom stereocenters. The number of hydrogen-bond acceptors (Lipinski definition) is 0. The molecule has 0 aliphatic heterocycles. The topological polar surface area (TPSA) is 0 Å². The van der Waals surface area contributed by atoms with E-state index in [2.05, 4.69) is 31.2 Å². The first-order valence-corrected chi connectivity index (χ1v) is 5.70. The molecule has 0 aromatic carbocycles. The SMILES string of the molecule is CCC12C=CC(C1)C1CC=CCC12. The zero-order chi connectivity index (χ0) is 8.89. The molecule has 0 aromatic heterocycles. The first-order chi connectivity index (χ1) is 6.36. The Hall–Kier alpha value is -0.520. The average molecular weight is 174 g/mol. The normalized spacial score (nSPS) is 51.3. The highest BCUT2D eigenvalue weighted by Gasteiger charge is 2.52. The van der Waals surface area contributed by atoms with Crippen molar-refractivity contribution in [3.05, 3.63) is 24.3 Å². The lowest BCUT2D eigenvalue weighted by atomic mass is 9.68. The van der Waals surface area contributed by atoms with Crippen LogP contribution in [0.4, 0.5) is 0 Å². The molecule has 0 amide bonds. The number of allylic oxidation sites excluding steroid dienone is 4. The van der Waals surface area contributed by atoms with Crippen LogP contribution in [0.25, 0.3) is 0 Å². The van der Waals surface area contributed by atoms with E-state index in [-0.39, 0.29) is 0 Å². The maximum absolute atomic E-state index is 2.54. The van der Waals surface area contributed by atoms with E-state index in [0.717, 1.165) is 17.8 Å². The summed E-state index contributed by atoms with van der Waals surface area (Å²) in [6, 6.07) is 0. The van der Waals surface area contributed by atoms with Gasteiger partial charge in [-0.25, -0.2) is 0 Å². The Morgan fingerprint density at radius 1 is 1.31 bits per heavy atom. The van der Waals surface area contributed by atoms with Crippen molar-refractivity contribution < 1.29 is 0 Å². The van der Waals surface area contributed by atoms with E-state index in [1.54, 1.807) is 0 Å². The predicted octanol–water partition coefficient (Wildman–Crippen LogP) is 3.55. The minimum atomic E-state index is 0.611. The fourth-order valence-corrected chi connectivity index (χ4v) is 3.95. The van der Waals surface area contributed by atoms with Gasteiger partial charge in [-0.05, 0) is 48.9 Å². The summed E-state index contributed by atoms with van der Waals surface area (Å²) in [6.07, 6.45) is 15.4. The average Bonchev–Trinajstić information content (AvgIpc) is 2.75. The van der Waals surface area contributed by atoms with Crippen LogP contribution in [0, 0.1) is 23.2 Å². The van der Waals surface area contributed by atoms with Crippen LogP contribution in [0.5, 0.6) is 0 Å². The second-order valence-corrected chi connectivity index (χ2v) is 5.03. The van der Waals surface area contributed by atoms with Gasteiger partial charge in [0.15, 0.2) is 0 Å². The van der Waals surface area contributed by atoms with Gasteiger partial charge in [-0.1, -0.05) is 31.2 Å². The maximum Gasteiger partial charge on any atom is -0.00809 e. The van der Waals surface area contributed by atoms with Gasteiger partial charge in [0.05, 0.1) is 0 Å². The van der Waals surface area contributed by atoms with Crippen molar-refractivity contribution in [3.63, 3.8) is 0 Å². The maximum atomic E-state index is 2.54. The number of rotatable bonds is 1. The summed E-state index contributed by atoms with van der Waals surface area (Å²) in [7, 11) is 0. The molecule has 0 heterocycles. The summed E-state index contributed by atoms with van der Waals surface area (Å²) in [6.45, 7) is 2.37. The lowest BCUT2D eigenvalue weighted by molar-refractivity contribution is 0.208. The first-order valence-electron chi connectivity index (χ1n) is 5.70. The molecule has 3 aliphatic carbocycles. The Morgan fingerprint density at radius 3 is 3.00 bits per heavy atom. The van der Waals surface area contributed by atoms with Crippen LogP contribution in [0.2, 0.25) is 0 Å². The molecular formula is C13H18. The van der Waals surface area contributed by atoms with E-state index in [0.29, 0.717) is 5.41 Å². The van der Waals surface area contributed by atoms with Gasteiger partial charge in [-0.15, -0.1) is 0 Å². The summed E-state index contributed by atoms with van der Waals surface area (Å²) in [4.78, 5) is 0. The van der Waals surface area contributed by atoms with Crippen molar-refractivity contribution in [2.75, 3.05) is 0 Å². The molecule has 0 saturated heterocycles. The zero-order valence-electron chi connectivity index (χ0n) is 8.37. The summed E-state index contributed by atoms with van der Waals surface area (Å²) in [5, 5.41) is 0. The van der Waals surface area contributed by atoms with Crippen LogP contribution < -0.4 is 0 Å². The predicted molar refractivity (Wildman–Crippen MR) is 55.3 cm³/mol. The third-order valence-electron chi connectivity index (χ3n) is 4.72. The third kappa shape index (κ3) is 0.868. The quantitative estimate of drug-likeness (QED) is 0.533. The van der Waals surface area contributed by atoms with Gasteiger partial charge in [0.1, 0.15) is 0 Å². The molecule has 0 nitrogen and oxygen atoms in total. The van der Waals surface area contributed by atoms with Gasteiger partial charge in [0.25, 0.3) is 0 Å². The first kappa shape index (κ1) is 7.84. The summed E-state index contributed by atoms with van der Waals surface area (Å²) in [5.74, 6) is 2.90. The molecule has 13 heavy (non-hydrogen) atoms. The number of fused-ring (bicyclic) bond motifs is 5. The Balaban J connectivity index is 1.99. The summed E-state index contributed by atoms with van der Waals surface area (Å²) < 4.78 is 0. The molecule has 0 radical (unpaired) electrons. The lowest BCUT2D eigenvalue weighted by Gasteiger charge is -2.37. The van der Waals surface area contributed by atoms with Gasteiger partial charge in [-0.2, -0.15) is 0 Å². The Kier molecular flexibility index (Phi) is 1.51. The van der Waals surface area contributed by atoms with E-state index in [9.17, 15) is 0 Å². The molecule has 0 heteroatoms. The molecule has 70 valence electrons. The highest BCUT2D eigenvalue weighted by Crippen LogP contribution is 2.61. The van der Waals surface area contributed by atoms with Crippen LogP contribution in [0.1, 0.15) is 32.6 Å².